The van der Waals surface area contributed by atoms with Crippen LogP contribution in [0.15, 0.2) is 71.8 Å². The Balaban J connectivity index is 1.58. The lowest BCUT2D eigenvalue weighted by atomic mass is 10.2. The fourth-order valence-electron chi connectivity index (χ4n) is 2.57. The van der Waals surface area contributed by atoms with Gasteiger partial charge in [0.1, 0.15) is 12.4 Å². The van der Waals surface area contributed by atoms with Gasteiger partial charge >= 0.3 is 0 Å². The largest absolute Gasteiger partial charge is 0.493 e. The minimum Gasteiger partial charge on any atom is -0.493 e. The predicted molar refractivity (Wildman–Crippen MR) is 129 cm³/mol. The first-order valence-electron chi connectivity index (χ1n) is 9.29. The molecule has 0 aliphatic heterocycles. The number of carbonyl (C=O) groups is 1. The zero-order chi connectivity index (χ0) is 22.1. The topological polar surface area (TPSA) is 69.2 Å². The molecule has 31 heavy (non-hydrogen) atoms. The third kappa shape index (κ3) is 7.15. The summed E-state index contributed by atoms with van der Waals surface area (Å²) in [4.78, 5) is 11.9. The molecule has 3 aromatic carbocycles. The van der Waals surface area contributed by atoms with Crippen LogP contribution in [0.3, 0.4) is 0 Å². The summed E-state index contributed by atoms with van der Waals surface area (Å²) in [7, 11) is 1.57. The molecule has 3 rings (SSSR count). The van der Waals surface area contributed by atoms with Crippen molar-refractivity contribution in [3.8, 4) is 17.2 Å². The number of halogens is 2. The summed E-state index contributed by atoms with van der Waals surface area (Å²) in [6.45, 7) is 0.258. The van der Waals surface area contributed by atoms with Crippen LogP contribution in [0.25, 0.3) is 0 Å². The van der Waals surface area contributed by atoms with E-state index in [0.717, 1.165) is 14.7 Å². The smallest absolute Gasteiger partial charge is 0.277 e. The highest BCUT2D eigenvalue weighted by Crippen LogP contribution is 2.34. The molecule has 0 spiro atoms. The summed E-state index contributed by atoms with van der Waals surface area (Å²) in [6, 6.07) is 20.2. The molecular weight excluding hydrogens is 531 g/mol. The van der Waals surface area contributed by atoms with Crippen LogP contribution in [-0.4, -0.2) is 25.8 Å². The molecule has 1 N–H and O–H groups in total. The van der Waals surface area contributed by atoms with Gasteiger partial charge in [-0.15, -0.1) is 0 Å². The van der Waals surface area contributed by atoms with E-state index in [1.165, 1.54) is 6.21 Å². The first kappa shape index (κ1) is 22.9. The molecule has 6 nitrogen and oxygen atoms in total. The number of rotatable bonds is 9. The van der Waals surface area contributed by atoms with Crippen LogP contribution in [-0.2, 0) is 11.4 Å². The number of hydrogen-bond donors (Lipinski definition) is 1. The van der Waals surface area contributed by atoms with Crippen molar-refractivity contribution in [2.45, 2.75) is 6.61 Å². The third-order valence-corrected chi connectivity index (χ3v) is 5.12. The average molecular weight is 551 g/mol. The van der Waals surface area contributed by atoms with Gasteiger partial charge in [-0.25, -0.2) is 5.43 Å². The molecule has 0 saturated carbocycles. The molecule has 0 aliphatic rings. The summed E-state index contributed by atoms with van der Waals surface area (Å²) in [5.41, 5.74) is 4.19. The number of benzene rings is 3. The van der Waals surface area contributed by atoms with Crippen molar-refractivity contribution in [3.05, 3.63) is 86.4 Å². The first-order chi connectivity index (χ1) is 15.0. The van der Waals surface area contributed by atoms with Crippen LogP contribution in [0.5, 0.6) is 17.2 Å². The fraction of sp³-hybridized carbons (Fsp3) is 0.130. The second-order valence-corrected chi connectivity index (χ2v) is 7.94. The Morgan fingerprint density at radius 3 is 2.55 bits per heavy atom. The molecule has 0 atom stereocenters. The Labute approximate surface area is 199 Å². The summed E-state index contributed by atoms with van der Waals surface area (Å²) in [5.74, 6) is 1.47. The van der Waals surface area contributed by atoms with Crippen molar-refractivity contribution in [2.24, 2.45) is 5.10 Å². The van der Waals surface area contributed by atoms with Gasteiger partial charge in [-0.05, 0) is 70.1 Å². The number of ether oxygens (including phenoxy) is 3. The highest BCUT2D eigenvalue weighted by Gasteiger charge is 2.12. The van der Waals surface area contributed by atoms with Gasteiger partial charge in [-0.3, -0.25) is 4.79 Å². The maximum atomic E-state index is 11.9. The summed E-state index contributed by atoms with van der Waals surface area (Å²) < 4.78 is 17.7. The summed E-state index contributed by atoms with van der Waals surface area (Å²) >= 11 is 8.09. The quantitative estimate of drug-likeness (QED) is 0.230. The number of nitrogens with one attached hydrogen (secondary N) is 1. The number of carbonyl (C=O) groups excluding carboxylic acids is 1. The van der Waals surface area contributed by atoms with Gasteiger partial charge in [0.05, 0.1) is 16.9 Å². The van der Waals surface area contributed by atoms with Crippen LogP contribution in [0.2, 0.25) is 5.02 Å². The number of methoxy groups -OCH3 is 1. The highest BCUT2D eigenvalue weighted by molar-refractivity contribution is 14.1. The van der Waals surface area contributed by atoms with Crippen LogP contribution < -0.4 is 19.6 Å². The van der Waals surface area contributed by atoms with E-state index in [9.17, 15) is 4.79 Å². The van der Waals surface area contributed by atoms with Crippen molar-refractivity contribution < 1.29 is 19.0 Å². The zero-order valence-corrected chi connectivity index (χ0v) is 19.6. The molecule has 0 bridgehead atoms. The summed E-state index contributed by atoms with van der Waals surface area (Å²) in [5, 5.41) is 4.66. The van der Waals surface area contributed by atoms with E-state index in [2.05, 4.69) is 33.1 Å². The number of hydrogen-bond acceptors (Lipinski definition) is 5. The number of hydrazone groups is 1. The Kier molecular flexibility index (Phi) is 8.54. The van der Waals surface area contributed by atoms with Crippen LogP contribution >= 0.6 is 34.2 Å². The SMILES string of the molecule is COc1cc(/C=N\NC(=O)COc2ccccc2)cc(I)c1OCc1ccc(Cl)cc1. The van der Waals surface area contributed by atoms with Crippen LogP contribution in [0.1, 0.15) is 11.1 Å². The fourth-order valence-corrected chi connectivity index (χ4v) is 3.47. The molecule has 0 radical (unpaired) electrons. The van der Waals surface area contributed by atoms with E-state index < -0.39 is 0 Å². The van der Waals surface area contributed by atoms with Gasteiger partial charge < -0.3 is 14.2 Å². The molecule has 1 amide bonds. The molecule has 3 aromatic rings. The summed E-state index contributed by atoms with van der Waals surface area (Å²) in [6.07, 6.45) is 1.54. The van der Waals surface area contributed by atoms with E-state index in [1.54, 1.807) is 25.3 Å². The van der Waals surface area contributed by atoms with Crippen molar-refractivity contribution in [2.75, 3.05) is 13.7 Å². The van der Waals surface area contributed by atoms with Gasteiger partial charge in [0.2, 0.25) is 0 Å². The molecule has 0 aromatic heterocycles. The van der Waals surface area contributed by atoms with Crippen molar-refractivity contribution in [1.82, 2.24) is 5.43 Å². The van der Waals surface area contributed by atoms with Gasteiger partial charge in [0.15, 0.2) is 18.1 Å². The molecule has 0 aliphatic carbocycles. The van der Waals surface area contributed by atoms with Gasteiger partial charge in [-0.1, -0.05) is 41.9 Å². The number of para-hydroxylation sites is 1. The number of amides is 1. The molecular formula is C23H20ClIN2O4. The second-order valence-electron chi connectivity index (χ2n) is 6.34. The van der Waals surface area contributed by atoms with Gasteiger partial charge in [0, 0.05) is 5.02 Å². The maximum Gasteiger partial charge on any atom is 0.277 e. The highest BCUT2D eigenvalue weighted by atomic mass is 127. The van der Waals surface area contributed by atoms with Gasteiger partial charge in [0.25, 0.3) is 5.91 Å². The Bertz CT molecular complexity index is 1040. The lowest BCUT2D eigenvalue weighted by Crippen LogP contribution is -2.24. The Morgan fingerprint density at radius 1 is 1.10 bits per heavy atom. The molecule has 160 valence electrons. The third-order valence-electron chi connectivity index (χ3n) is 4.06. The Morgan fingerprint density at radius 2 is 1.84 bits per heavy atom. The van der Waals surface area contributed by atoms with E-state index in [-0.39, 0.29) is 12.5 Å². The molecule has 0 fully saturated rings. The van der Waals surface area contributed by atoms with Gasteiger partial charge in [-0.2, -0.15) is 5.10 Å². The lowest BCUT2D eigenvalue weighted by Gasteiger charge is -2.13. The van der Waals surface area contributed by atoms with Crippen LogP contribution in [0.4, 0.5) is 0 Å². The molecule has 0 heterocycles. The maximum absolute atomic E-state index is 11.9. The van der Waals surface area contributed by atoms with Crippen molar-refractivity contribution in [1.29, 1.82) is 0 Å². The predicted octanol–water partition coefficient (Wildman–Crippen LogP) is 5.06. The van der Waals surface area contributed by atoms with Crippen molar-refractivity contribution in [3.63, 3.8) is 0 Å². The molecule has 8 heteroatoms. The van der Waals surface area contributed by atoms with E-state index >= 15 is 0 Å². The van der Waals surface area contributed by atoms with E-state index in [4.69, 9.17) is 25.8 Å². The van der Waals surface area contributed by atoms with Crippen LogP contribution in [0, 0.1) is 3.57 Å². The Hall–Kier alpha value is -2.78. The van der Waals surface area contributed by atoms with Crippen molar-refractivity contribution >= 4 is 46.3 Å². The standard InChI is InChI=1S/C23H20ClIN2O4/c1-29-21-12-17(13-26-27-22(28)15-30-19-5-3-2-4-6-19)11-20(25)23(21)31-14-16-7-9-18(24)10-8-16/h2-13H,14-15H2,1H3,(H,27,28)/b26-13-. The normalized spacial score (nSPS) is 10.7. The van der Waals surface area contributed by atoms with E-state index in [1.807, 2.05) is 48.5 Å². The first-order valence-corrected chi connectivity index (χ1v) is 10.8. The molecule has 0 saturated heterocycles. The lowest BCUT2D eigenvalue weighted by molar-refractivity contribution is -0.123. The average Bonchev–Trinajstić information content (AvgIpc) is 2.78. The number of nitrogens with zero attached hydrogens (tertiary/aromatic N) is 1. The zero-order valence-electron chi connectivity index (χ0n) is 16.7. The molecule has 0 unspecified atom stereocenters. The minimum atomic E-state index is -0.357. The van der Waals surface area contributed by atoms with E-state index in [0.29, 0.717) is 28.9 Å². The monoisotopic (exact) mass is 550 g/mol. The minimum absolute atomic E-state index is 0.125. The second kappa shape index (κ2) is 11.6.